The van der Waals surface area contributed by atoms with E-state index in [0.717, 1.165) is 31.7 Å². The molecule has 1 aliphatic heterocycles. The van der Waals surface area contributed by atoms with E-state index in [-0.39, 0.29) is 5.91 Å². The first kappa shape index (κ1) is 13.1. The van der Waals surface area contributed by atoms with Crippen molar-refractivity contribution in [2.45, 2.75) is 26.7 Å². The highest BCUT2D eigenvalue weighted by Gasteiger charge is 2.23. The molecule has 0 bridgehead atoms. The third-order valence-electron chi connectivity index (χ3n) is 3.60. The van der Waals surface area contributed by atoms with Crippen LogP contribution in [0.2, 0.25) is 0 Å². The molecule has 1 saturated heterocycles. The summed E-state index contributed by atoms with van der Waals surface area (Å²) in [6, 6.07) is 1.84. The summed E-state index contributed by atoms with van der Waals surface area (Å²) in [5.41, 5.74) is 0.917. The molecule has 4 nitrogen and oxygen atoms in total. The van der Waals surface area contributed by atoms with Crippen LogP contribution in [0.3, 0.4) is 0 Å². The number of piperidine rings is 1. The summed E-state index contributed by atoms with van der Waals surface area (Å²) in [5.74, 6) is 1.07. The smallest absolute Gasteiger partial charge is 0.289 e. The lowest BCUT2D eigenvalue weighted by Gasteiger charge is -2.29. The quantitative estimate of drug-likeness (QED) is 0.889. The van der Waals surface area contributed by atoms with Crippen LogP contribution in [0.15, 0.2) is 16.7 Å². The van der Waals surface area contributed by atoms with Gasteiger partial charge in [-0.05, 0) is 51.8 Å². The van der Waals surface area contributed by atoms with Gasteiger partial charge in [-0.15, -0.1) is 0 Å². The molecule has 1 amide bonds. The molecular formula is C14H22N2O2. The number of furan rings is 1. The Bertz CT molecular complexity index is 394. The Kier molecular flexibility index (Phi) is 4.42. The highest BCUT2D eigenvalue weighted by molar-refractivity contribution is 5.92. The monoisotopic (exact) mass is 250 g/mol. The van der Waals surface area contributed by atoms with Crippen molar-refractivity contribution in [2.24, 2.45) is 5.92 Å². The molecule has 1 unspecified atom stereocenters. The molecule has 100 valence electrons. The van der Waals surface area contributed by atoms with E-state index in [4.69, 9.17) is 4.42 Å². The van der Waals surface area contributed by atoms with Crippen molar-refractivity contribution in [3.8, 4) is 0 Å². The van der Waals surface area contributed by atoms with Crippen molar-refractivity contribution in [3.05, 3.63) is 23.7 Å². The molecule has 1 aliphatic rings. The minimum atomic E-state index is 0.0190. The molecule has 1 atom stereocenters. The maximum absolute atomic E-state index is 12.3. The van der Waals surface area contributed by atoms with Gasteiger partial charge in [0.05, 0.1) is 6.26 Å². The van der Waals surface area contributed by atoms with Crippen molar-refractivity contribution in [1.82, 2.24) is 10.2 Å². The maximum atomic E-state index is 12.3. The molecule has 0 aliphatic carbocycles. The van der Waals surface area contributed by atoms with Crippen molar-refractivity contribution in [3.63, 3.8) is 0 Å². The van der Waals surface area contributed by atoms with Crippen LogP contribution in [0.1, 0.15) is 35.9 Å². The number of hydrogen-bond acceptors (Lipinski definition) is 3. The molecule has 2 rings (SSSR count). The summed E-state index contributed by atoms with van der Waals surface area (Å²) in [6.45, 7) is 7.60. The predicted molar refractivity (Wildman–Crippen MR) is 70.6 cm³/mol. The summed E-state index contributed by atoms with van der Waals surface area (Å²) in [6.07, 6.45) is 3.99. The zero-order chi connectivity index (χ0) is 13.0. The van der Waals surface area contributed by atoms with Crippen LogP contribution in [0.4, 0.5) is 0 Å². The second kappa shape index (κ2) is 6.05. The molecule has 1 N–H and O–H groups in total. The van der Waals surface area contributed by atoms with E-state index in [1.165, 1.54) is 12.8 Å². The number of aryl methyl sites for hydroxylation is 1. The Labute approximate surface area is 108 Å². The van der Waals surface area contributed by atoms with E-state index in [9.17, 15) is 4.79 Å². The fourth-order valence-electron chi connectivity index (χ4n) is 2.48. The lowest BCUT2D eigenvalue weighted by Crippen LogP contribution is -2.41. The fraction of sp³-hybridized carbons (Fsp3) is 0.643. The van der Waals surface area contributed by atoms with Crippen molar-refractivity contribution in [2.75, 3.05) is 26.2 Å². The van der Waals surface area contributed by atoms with Crippen LogP contribution >= 0.6 is 0 Å². The number of carbonyl (C=O) groups excluding carboxylic acids is 1. The van der Waals surface area contributed by atoms with Crippen LogP contribution < -0.4 is 5.32 Å². The number of carbonyl (C=O) groups is 1. The van der Waals surface area contributed by atoms with Gasteiger partial charge in [0.15, 0.2) is 5.76 Å². The largest absolute Gasteiger partial charge is 0.459 e. The first-order chi connectivity index (χ1) is 8.72. The standard InChI is InChI=1S/C14H22N2O2/c1-3-16(10-12-5-4-7-15-9-12)14(17)13-11(2)6-8-18-13/h6,8,12,15H,3-5,7,9-10H2,1-2H3. The first-order valence-corrected chi connectivity index (χ1v) is 6.76. The summed E-state index contributed by atoms with van der Waals surface area (Å²) >= 11 is 0. The molecule has 1 aromatic rings. The molecule has 2 heterocycles. The van der Waals surface area contributed by atoms with Crippen LogP contribution in [0.25, 0.3) is 0 Å². The molecule has 18 heavy (non-hydrogen) atoms. The van der Waals surface area contributed by atoms with Gasteiger partial charge in [-0.25, -0.2) is 0 Å². The van der Waals surface area contributed by atoms with E-state index in [1.807, 2.05) is 24.8 Å². The number of hydrogen-bond donors (Lipinski definition) is 1. The van der Waals surface area contributed by atoms with Gasteiger partial charge in [-0.2, -0.15) is 0 Å². The van der Waals surface area contributed by atoms with Gasteiger partial charge >= 0.3 is 0 Å². The zero-order valence-electron chi connectivity index (χ0n) is 11.2. The second-order valence-corrected chi connectivity index (χ2v) is 4.99. The average molecular weight is 250 g/mol. The first-order valence-electron chi connectivity index (χ1n) is 6.76. The lowest BCUT2D eigenvalue weighted by atomic mass is 9.99. The summed E-state index contributed by atoms with van der Waals surface area (Å²) in [4.78, 5) is 14.2. The molecule has 0 saturated carbocycles. The predicted octanol–water partition coefficient (Wildman–Crippen LogP) is 2.05. The number of nitrogens with zero attached hydrogens (tertiary/aromatic N) is 1. The molecular weight excluding hydrogens is 228 g/mol. The van der Waals surface area contributed by atoms with E-state index in [1.54, 1.807) is 6.26 Å². The molecule has 0 spiro atoms. The Morgan fingerprint density at radius 3 is 3.00 bits per heavy atom. The van der Waals surface area contributed by atoms with Crippen LogP contribution in [0, 0.1) is 12.8 Å². The maximum Gasteiger partial charge on any atom is 0.289 e. The third kappa shape index (κ3) is 2.93. The lowest BCUT2D eigenvalue weighted by molar-refractivity contribution is 0.0696. The van der Waals surface area contributed by atoms with Crippen molar-refractivity contribution >= 4 is 5.91 Å². The highest BCUT2D eigenvalue weighted by atomic mass is 16.3. The van der Waals surface area contributed by atoms with Gasteiger partial charge in [-0.1, -0.05) is 0 Å². The molecule has 1 fully saturated rings. The van der Waals surface area contributed by atoms with E-state index >= 15 is 0 Å². The third-order valence-corrected chi connectivity index (χ3v) is 3.60. The number of rotatable bonds is 4. The molecule has 1 aromatic heterocycles. The average Bonchev–Trinajstić information content (AvgIpc) is 2.82. The normalized spacial score (nSPS) is 19.8. The summed E-state index contributed by atoms with van der Waals surface area (Å²) in [7, 11) is 0. The topological polar surface area (TPSA) is 45.5 Å². The Balaban J connectivity index is 1.99. The van der Waals surface area contributed by atoms with E-state index in [0.29, 0.717) is 11.7 Å². The van der Waals surface area contributed by atoms with Crippen molar-refractivity contribution in [1.29, 1.82) is 0 Å². The van der Waals surface area contributed by atoms with Gasteiger partial charge in [0, 0.05) is 18.7 Å². The van der Waals surface area contributed by atoms with E-state index < -0.39 is 0 Å². The van der Waals surface area contributed by atoms with Gasteiger partial charge in [0.25, 0.3) is 5.91 Å². The Hall–Kier alpha value is -1.29. The Morgan fingerprint density at radius 1 is 1.61 bits per heavy atom. The van der Waals surface area contributed by atoms with Crippen LogP contribution in [-0.2, 0) is 0 Å². The van der Waals surface area contributed by atoms with E-state index in [2.05, 4.69) is 5.32 Å². The fourth-order valence-corrected chi connectivity index (χ4v) is 2.48. The highest BCUT2D eigenvalue weighted by Crippen LogP contribution is 2.16. The molecule has 0 aromatic carbocycles. The van der Waals surface area contributed by atoms with Gasteiger partial charge in [0.2, 0.25) is 0 Å². The SMILES string of the molecule is CCN(CC1CCCNC1)C(=O)c1occc1C. The summed E-state index contributed by atoms with van der Waals surface area (Å²) in [5, 5.41) is 3.39. The molecule has 0 radical (unpaired) electrons. The minimum Gasteiger partial charge on any atom is -0.459 e. The van der Waals surface area contributed by atoms with Gasteiger partial charge < -0.3 is 14.6 Å². The number of nitrogens with one attached hydrogen (secondary N) is 1. The minimum absolute atomic E-state index is 0.0190. The van der Waals surface area contributed by atoms with Crippen molar-refractivity contribution < 1.29 is 9.21 Å². The van der Waals surface area contributed by atoms with Crippen LogP contribution in [0.5, 0.6) is 0 Å². The molecule has 4 heteroatoms. The summed E-state index contributed by atoms with van der Waals surface area (Å²) < 4.78 is 5.29. The van der Waals surface area contributed by atoms with Crippen LogP contribution in [-0.4, -0.2) is 37.0 Å². The van der Waals surface area contributed by atoms with Gasteiger partial charge in [0.1, 0.15) is 0 Å². The Morgan fingerprint density at radius 2 is 2.44 bits per heavy atom. The zero-order valence-corrected chi connectivity index (χ0v) is 11.2. The van der Waals surface area contributed by atoms with Gasteiger partial charge in [-0.3, -0.25) is 4.79 Å². The second-order valence-electron chi connectivity index (χ2n) is 4.99. The number of amides is 1.